The summed E-state index contributed by atoms with van der Waals surface area (Å²) >= 11 is 0. The fourth-order valence-corrected chi connectivity index (χ4v) is 3.60. The molecule has 6 nitrogen and oxygen atoms in total. The van der Waals surface area contributed by atoms with Crippen LogP contribution < -0.4 is 10.2 Å². The van der Waals surface area contributed by atoms with Crippen molar-refractivity contribution in [1.82, 2.24) is 9.38 Å². The van der Waals surface area contributed by atoms with Crippen LogP contribution in [0.5, 0.6) is 0 Å². The van der Waals surface area contributed by atoms with E-state index in [2.05, 4.69) is 22.1 Å². The third-order valence-corrected chi connectivity index (χ3v) is 5.62. The van der Waals surface area contributed by atoms with Gasteiger partial charge in [-0.25, -0.2) is 4.98 Å². The van der Waals surface area contributed by atoms with Crippen molar-refractivity contribution in [1.29, 1.82) is 0 Å². The minimum atomic E-state index is -4.60. The number of aryl methyl sites for hydroxylation is 1. The number of hydrogen-bond donors (Lipinski definition) is 2. The van der Waals surface area contributed by atoms with Gasteiger partial charge in [0.1, 0.15) is 11.3 Å². The predicted molar refractivity (Wildman–Crippen MR) is 132 cm³/mol. The SMILES string of the molecule is Cc1ccc(C(=O)Nc2cc(N(C)CCO)cc(C(F)(F)F)c2)cc1C#Cc1cnc2ccccn12. The van der Waals surface area contributed by atoms with Crippen molar-refractivity contribution >= 4 is 22.9 Å². The predicted octanol–water partition coefficient (Wildman–Crippen LogP) is 4.74. The van der Waals surface area contributed by atoms with Gasteiger partial charge < -0.3 is 15.3 Å². The Hall–Kier alpha value is -4.29. The number of carbonyl (C=O) groups excluding carboxylic acids is 1. The lowest BCUT2D eigenvalue weighted by Gasteiger charge is -2.21. The first-order chi connectivity index (χ1) is 17.2. The second kappa shape index (κ2) is 10.1. The van der Waals surface area contributed by atoms with E-state index in [1.54, 1.807) is 31.4 Å². The summed E-state index contributed by atoms with van der Waals surface area (Å²) < 4.78 is 42.2. The Bertz CT molecular complexity index is 1480. The van der Waals surface area contributed by atoms with Gasteiger partial charge in [0.15, 0.2) is 0 Å². The summed E-state index contributed by atoms with van der Waals surface area (Å²) in [5.41, 5.74) is 2.47. The molecular weight excluding hydrogens is 469 g/mol. The van der Waals surface area contributed by atoms with E-state index in [4.69, 9.17) is 5.11 Å². The molecule has 184 valence electrons. The number of amides is 1. The van der Waals surface area contributed by atoms with Crippen molar-refractivity contribution in [3.63, 3.8) is 0 Å². The summed E-state index contributed by atoms with van der Waals surface area (Å²) in [6.07, 6.45) is -1.09. The lowest BCUT2D eigenvalue weighted by Crippen LogP contribution is -2.22. The molecule has 36 heavy (non-hydrogen) atoms. The van der Waals surface area contributed by atoms with Crippen LogP contribution in [-0.2, 0) is 6.18 Å². The maximum absolute atomic E-state index is 13.5. The molecule has 0 bridgehead atoms. The molecule has 0 atom stereocenters. The molecule has 2 heterocycles. The second-order valence-corrected chi connectivity index (χ2v) is 8.22. The number of aliphatic hydroxyl groups is 1. The summed E-state index contributed by atoms with van der Waals surface area (Å²) in [6, 6.07) is 13.8. The standard InChI is InChI=1S/C27H23F3N4O2/c1-18-6-7-20(13-19(18)8-9-23-17-31-25-5-3-4-10-34(23)25)26(36)32-22-14-21(27(28,29)30)15-24(16-22)33(2)11-12-35/h3-7,10,13-17,35H,11-12H2,1-2H3,(H,32,36). The number of hydrogen-bond acceptors (Lipinski definition) is 4. The van der Waals surface area contributed by atoms with E-state index in [-0.39, 0.29) is 30.1 Å². The van der Waals surface area contributed by atoms with Crippen molar-refractivity contribution in [3.8, 4) is 11.8 Å². The van der Waals surface area contributed by atoms with Gasteiger partial charge >= 0.3 is 6.18 Å². The molecule has 9 heteroatoms. The zero-order chi connectivity index (χ0) is 25.9. The number of fused-ring (bicyclic) bond motifs is 1. The van der Waals surface area contributed by atoms with Crippen molar-refractivity contribution in [2.75, 3.05) is 30.4 Å². The molecule has 2 N–H and O–H groups in total. The lowest BCUT2D eigenvalue weighted by atomic mass is 10.0. The normalized spacial score (nSPS) is 11.2. The number of halogens is 3. The summed E-state index contributed by atoms with van der Waals surface area (Å²) in [6.45, 7) is 1.77. The lowest BCUT2D eigenvalue weighted by molar-refractivity contribution is -0.137. The summed E-state index contributed by atoms with van der Waals surface area (Å²) in [5.74, 6) is 5.56. The van der Waals surface area contributed by atoms with Gasteiger partial charge in [0.25, 0.3) is 5.91 Å². The van der Waals surface area contributed by atoms with Crippen LogP contribution in [0.15, 0.2) is 67.0 Å². The molecule has 0 saturated carbocycles. The molecule has 0 aliphatic carbocycles. The highest BCUT2D eigenvalue weighted by Crippen LogP contribution is 2.34. The van der Waals surface area contributed by atoms with Crippen molar-refractivity contribution in [2.24, 2.45) is 0 Å². The number of nitrogens with one attached hydrogen (secondary N) is 1. The van der Waals surface area contributed by atoms with Gasteiger partial charge in [-0.2, -0.15) is 13.2 Å². The average molecular weight is 493 g/mol. The van der Waals surface area contributed by atoms with Crippen LogP contribution in [0.3, 0.4) is 0 Å². The molecule has 0 saturated heterocycles. The minimum Gasteiger partial charge on any atom is -0.395 e. The molecule has 2 aromatic heterocycles. The smallest absolute Gasteiger partial charge is 0.395 e. The van der Waals surface area contributed by atoms with E-state index >= 15 is 0 Å². The fourth-order valence-electron chi connectivity index (χ4n) is 3.60. The average Bonchev–Trinajstić information content (AvgIpc) is 3.26. The van der Waals surface area contributed by atoms with Crippen molar-refractivity contribution in [3.05, 3.63) is 94.9 Å². The third-order valence-electron chi connectivity index (χ3n) is 5.62. The monoisotopic (exact) mass is 492 g/mol. The maximum Gasteiger partial charge on any atom is 0.416 e. The number of likely N-dealkylation sites (N-methyl/N-ethyl adjacent to an activating group) is 1. The quantitative estimate of drug-likeness (QED) is 0.395. The summed E-state index contributed by atoms with van der Waals surface area (Å²) in [7, 11) is 1.56. The number of benzene rings is 2. The number of anilines is 2. The Kier molecular flexibility index (Phi) is 6.99. The molecule has 4 aromatic rings. The summed E-state index contributed by atoms with van der Waals surface area (Å²) in [5, 5.41) is 11.7. The number of nitrogens with zero attached hydrogens (tertiary/aromatic N) is 3. The zero-order valence-electron chi connectivity index (χ0n) is 19.6. The number of alkyl halides is 3. The van der Waals surface area contributed by atoms with Crippen LogP contribution in [0, 0.1) is 18.8 Å². The number of aromatic nitrogens is 2. The highest BCUT2D eigenvalue weighted by Gasteiger charge is 2.31. The van der Waals surface area contributed by atoms with E-state index in [9.17, 15) is 18.0 Å². The van der Waals surface area contributed by atoms with Crippen LogP contribution in [-0.4, -0.2) is 40.6 Å². The van der Waals surface area contributed by atoms with Crippen molar-refractivity contribution < 1.29 is 23.1 Å². The van der Waals surface area contributed by atoms with Crippen LogP contribution in [0.2, 0.25) is 0 Å². The van der Waals surface area contributed by atoms with Gasteiger partial charge in [-0.1, -0.05) is 18.1 Å². The molecule has 0 aliphatic rings. The van der Waals surface area contributed by atoms with Gasteiger partial charge in [0, 0.05) is 42.3 Å². The fraction of sp³-hybridized carbons (Fsp3) is 0.185. The van der Waals surface area contributed by atoms with Crippen LogP contribution in [0.25, 0.3) is 5.65 Å². The van der Waals surface area contributed by atoms with E-state index < -0.39 is 17.6 Å². The van der Waals surface area contributed by atoms with E-state index in [1.807, 2.05) is 35.7 Å². The third kappa shape index (κ3) is 5.50. The Morgan fingerprint density at radius 2 is 1.94 bits per heavy atom. The number of pyridine rings is 1. The minimum absolute atomic E-state index is 0.00597. The molecule has 0 fully saturated rings. The van der Waals surface area contributed by atoms with Crippen molar-refractivity contribution in [2.45, 2.75) is 13.1 Å². The zero-order valence-corrected chi connectivity index (χ0v) is 19.6. The van der Waals surface area contributed by atoms with Gasteiger partial charge in [-0.3, -0.25) is 9.20 Å². The van der Waals surface area contributed by atoms with Crippen LogP contribution in [0.1, 0.15) is 32.7 Å². The van der Waals surface area contributed by atoms with Crippen LogP contribution >= 0.6 is 0 Å². The van der Waals surface area contributed by atoms with E-state index in [0.717, 1.165) is 23.3 Å². The first kappa shape index (κ1) is 24.8. The maximum atomic E-state index is 13.5. The largest absolute Gasteiger partial charge is 0.416 e. The highest BCUT2D eigenvalue weighted by molar-refractivity contribution is 6.04. The first-order valence-corrected chi connectivity index (χ1v) is 11.1. The molecule has 0 unspecified atom stereocenters. The second-order valence-electron chi connectivity index (χ2n) is 8.22. The Morgan fingerprint density at radius 3 is 2.69 bits per heavy atom. The van der Waals surface area contributed by atoms with Gasteiger partial charge in [0.2, 0.25) is 0 Å². The van der Waals surface area contributed by atoms with Gasteiger partial charge in [-0.05, 0) is 60.9 Å². The van der Waals surface area contributed by atoms with E-state index in [1.165, 1.54) is 11.0 Å². The topological polar surface area (TPSA) is 69.9 Å². The number of rotatable bonds is 5. The Balaban J connectivity index is 1.62. The summed E-state index contributed by atoms with van der Waals surface area (Å²) in [4.78, 5) is 18.7. The van der Waals surface area contributed by atoms with Gasteiger partial charge in [0.05, 0.1) is 18.4 Å². The first-order valence-electron chi connectivity index (χ1n) is 11.1. The Morgan fingerprint density at radius 1 is 1.14 bits per heavy atom. The Labute approximate surface area is 206 Å². The highest BCUT2D eigenvalue weighted by atomic mass is 19.4. The molecule has 1 amide bonds. The molecule has 0 spiro atoms. The molecule has 0 radical (unpaired) electrons. The number of carbonyl (C=O) groups is 1. The molecule has 4 rings (SSSR count). The molecular formula is C27H23F3N4O2. The number of aliphatic hydroxyl groups excluding tert-OH is 1. The molecule has 0 aliphatic heterocycles. The van der Waals surface area contributed by atoms with Crippen LogP contribution in [0.4, 0.5) is 24.5 Å². The molecule has 2 aromatic carbocycles. The number of imidazole rings is 1. The van der Waals surface area contributed by atoms with E-state index in [0.29, 0.717) is 11.3 Å². The van der Waals surface area contributed by atoms with Gasteiger partial charge in [-0.15, -0.1) is 0 Å².